The number of carbonyl (C=O) groups excluding carboxylic acids is 1. The summed E-state index contributed by atoms with van der Waals surface area (Å²) in [6.07, 6.45) is 2.48. The molecule has 0 saturated carbocycles. The molecule has 1 heterocycles. The highest BCUT2D eigenvalue weighted by atomic mass is 16.2. The first kappa shape index (κ1) is 12.5. The van der Waals surface area contributed by atoms with Crippen molar-refractivity contribution in [1.29, 1.82) is 0 Å². The van der Waals surface area contributed by atoms with E-state index in [4.69, 9.17) is 0 Å². The van der Waals surface area contributed by atoms with Crippen molar-refractivity contribution < 1.29 is 4.79 Å². The van der Waals surface area contributed by atoms with Crippen LogP contribution in [0.15, 0.2) is 0 Å². The van der Waals surface area contributed by atoms with E-state index in [0.717, 1.165) is 13.1 Å². The number of hydrogen-bond donors (Lipinski definition) is 1. The van der Waals surface area contributed by atoms with Gasteiger partial charge in [-0.1, -0.05) is 6.92 Å². The lowest BCUT2D eigenvalue weighted by Crippen LogP contribution is -2.42. The molecule has 1 saturated heterocycles. The predicted octanol–water partition coefficient (Wildman–Crippen LogP) is 0.149. The summed E-state index contributed by atoms with van der Waals surface area (Å²) >= 11 is 0. The van der Waals surface area contributed by atoms with E-state index in [1.807, 2.05) is 18.9 Å². The number of likely N-dealkylation sites (tertiary alicyclic amines) is 1. The fourth-order valence-corrected chi connectivity index (χ4v) is 1.99. The molecule has 4 nitrogen and oxygen atoms in total. The van der Waals surface area contributed by atoms with Crippen LogP contribution < -0.4 is 5.32 Å². The van der Waals surface area contributed by atoms with Crippen molar-refractivity contribution in [3.63, 3.8) is 0 Å². The van der Waals surface area contributed by atoms with E-state index < -0.39 is 0 Å². The second kappa shape index (κ2) is 6.08. The average Bonchev–Trinajstić information content (AvgIpc) is 2.61. The second-order valence-corrected chi connectivity index (χ2v) is 4.33. The number of amides is 1. The third-order valence-electron chi connectivity index (χ3n) is 3.11. The van der Waals surface area contributed by atoms with Crippen LogP contribution in [0.5, 0.6) is 0 Å². The van der Waals surface area contributed by atoms with Gasteiger partial charge in [-0.15, -0.1) is 0 Å². The Morgan fingerprint density at radius 3 is 2.87 bits per heavy atom. The largest absolute Gasteiger partial charge is 0.343 e. The number of nitrogens with one attached hydrogen (secondary N) is 1. The fraction of sp³-hybridized carbons (Fsp3) is 0.909. The van der Waals surface area contributed by atoms with Crippen molar-refractivity contribution in [2.24, 2.45) is 0 Å². The van der Waals surface area contributed by atoms with Gasteiger partial charge in [0.15, 0.2) is 0 Å². The normalized spacial score (nSPS) is 21.9. The van der Waals surface area contributed by atoms with Crippen molar-refractivity contribution in [1.82, 2.24) is 15.1 Å². The molecule has 0 aromatic carbocycles. The summed E-state index contributed by atoms with van der Waals surface area (Å²) in [6.45, 7) is 5.35. The van der Waals surface area contributed by atoms with Crippen LogP contribution in [0.25, 0.3) is 0 Å². The number of nitrogens with zero attached hydrogens (tertiary/aromatic N) is 2. The van der Waals surface area contributed by atoms with E-state index in [9.17, 15) is 4.79 Å². The lowest BCUT2D eigenvalue weighted by atomic mass is 10.2. The lowest BCUT2D eigenvalue weighted by molar-refractivity contribution is -0.129. The van der Waals surface area contributed by atoms with E-state index in [1.165, 1.54) is 19.4 Å². The van der Waals surface area contributed by atoms with Crippen LogP contribution in [0, 0.1) is 0 Å². The Hall–Kier alpha value is -0.610. The maximum atomic E-state index is 11.6. The number of rotatable bonds is 5. The van der Waals surface area contributed by atoms with Crippen molar-refractivity contribution in [3.05, 3.63) is 0 Å². The van der Waals surface area contributed by atoms with Crippen molar-refractivity contribution in [2.45, 2.75) is 25.8 Å². The van der Waals surface area contributed by atoms with Crippen molar-refractivity contribution >= 4 is 5.91 Å². The highest BCUT2D eigenvalue weighted by Crippen LogP contribution is 2.15. The Morgan fingerprint density at radius 1 is 1.60 bits per heavy atom. The molecule has 0 spiro atoms. The van der Waals surface area contributed by atoms with Crippen LogP contribution in [0.1, 0.15) is 19.8 Å². The van der Waals surface area contributed by atoms with Gasteiger partial charge in [-0.05, 0) is 33.0 Å². The molecule has 1 amide bonds. The molecule has 0 aliphatic carbocycles. The van der Waals surface area contributed by atoms with Gasteiger partial charge in [0.25, 0.3) is 0 Å². The van der Waals surface area contributed by atoms with Crippen LogP contribution in [-0.4, -0.2) is 62.0 Å². The quantitative estimate of drug-likeness (QED) is 0.706. The van der Waals surface area contributed by atoms with Gasteiger partial charge in [0.2, 0.25) is 5.91 Å². The molecule has 1 aliphatic heterocycles. The van der Waals surface area contributed by atoms with E-state index in [1.54, 1.807) is 0 Å². The summed E-state index contributed by atoms with van der Waals surface area (Å²) in [6, 6.07) is 0.556. The molecule has 0 bridgehead atoms. The molecule has 0 aromatic rings. The molecule has 0 radical (unpaired) electrons. The van der Waals surface area contributed by atoms with Crippen molar-refractivity contribution in [2.75, 3.05) is 40.3 Å². The molecule has 88 valence electrons. The maximum absolute atomic E-state index is 11.6. The van der Waals surface area contributed by atoms with Gasteiger partial charge >= 0.3 is 0 Å². The molecule has 15 heavy (non-hydrogen) atoms. The molecule has 1 unspecified atom stereocenters. The Morgan fingerprint density at radius 2 is 2.33 bits per heavy atom. The molecule has 0 aromatic heterocycles. The monoisotopic (exact) mass is 213 g/mol. The summed E-state index contributed by atoms with van der Waals surface area (Å²) in [4.78, 5) is 15.8. The van der Waals surface area contributed by atoms with Crippen LogP contribution in [0.3, 0.4) is 0 Å². The van der Waals surface area contributed by atoms with Gasteiger partial charge in [0.05, 0.1) is 6.54 Å². The molecule has 1 rings (SSSR count). The van der Waals surface area contributed by atoms with Crippen molar-refractivity contribution in [3.8, 4) is 0 Å². The van der Waals surface area contributed by atoms with Gasteiger partial charge in [-0.2, -0.15) is 0 Å². The molecular formula is C11H23N3O. The zero-order valence-corrected chi connectivity index (χ0v) is 10.1. The maximum Gasteiger partial charge on any atom is 0.236 e. The molecule has 1 atom stereocenters. The standard InChI is InChI=1S/C11H23N3O/c1-4-12-8-11(15)14(3)9-10-6-5-7-13(10)2/h10,12H,4-9H2,1-3H3. The van der Waals surface area contributed by atoms with Crippen LogP contribution in [0.4, 0.5) is 0 Å². The molecule has 1 aliphatic rings. The first-order valence-corrected chi connectivity index (χ1v) is 5.80. The van der Waals surface area contributed by atoms with Crippen LogP contribution in [-0.2, 0) is 4.79 Å². The number of hydrogen-bond acceptors (Lipinski definition) is 3. The highest BCUT2D eigenvalue weighted by Gasteiger charge is 2.23. The van der Waals surface area contributed by atoms with Gasteiger partial charge in [-0.25, -0.2) is 0 Å². The Balaban J connectivity index is 2.27. The molecular weight excluding hydrogens is 190 g/mol. The lowest BCUT2D eigenvalue weighted by Gasteiger charge is -2.25. The molecule has 1 fully saturated rings. The summed E-state index contributed by atoms with van der Waals surface area (Å²) in [5, 5.41) is 3.06. The first-order chi connectivity index (χ1) is 7.15. The molecule has 1 N–H and O–H groups in total. The summed E-state index contributed by atoms with van der Waals surface area (Å²) < 4.78 is 0. The minimum atomic E-state index is 0.192. The van der Waals surface area contributed by atoms with Gasteiger partial charge in [0, 0.05) is 19.6 Å². The topological polar surface area (TPSA) is 35.6 Å². The van der Waals surface area contributed by atoms with Crippen LogP contribution in [0.2, 0.25) is 0 Å². The summed E-state index contributed by atoms with van der Waals surface area (Å²) in [5.74, 6) is 0.192. The summed E-state index contributed by atoms with van der Waals surface area (Å²) in [5.41, 5.74) is 0. The Bertz CT molecular complexity index is 208. The van der Waals surface area contributed by atoms with E-state index in [-0.39, 0.29) is 5.91 Å². The molecule has 4 heteroatoms. The highest BCUT2D eigenvalue weighted by molar-refractivity contribution is 5.77. The van der Waals surface area contributed by atoms with Gasteiger partial charge in [0.1, 0.15) is 0 Å². The van der Waals surface area contributed by atoms with E-state index in [0.29, 0.717) is 12.6 Å². The van der Waals surface area contributed by atoms with Gasteiger partial charge in [-0.3, -0.25) is 4.79 Å². The third-order valence-corrected chi connectivity index (χ3v) is 3.11. The smallest absolute Gasteiger partial charge is 0.236 e. The minimum Gasteiger partial charge on any atom is -0.343 e. The SMILES string of the molecule is CCNCC(=O)N(C)CC1CCCN1C. The number of carbonyl (C=O) groups is 1. The average molecular weight is 213 g/mol. The second-order valence-electron chi connectivity index (χ2n) is 4.33. The first-order valence-electron chi connectivity index (χ1n) is 5.80. The zero-order valence-electron chi connectivity index (χ0n) is 10.1. The van der Waals surface area contributed by atoms with Gasteiger partial charge < -0.3 is 15.1 Å². The Kier molecular flexibility index (Phi) is 5.05. The third kappa shape index (κ3) is 3.80. The number of likely N-dealkylation sites (N-methyl/N-ethyl adjacent to an activating group) is 3. The summed E-state index contributed by atoms with van der Waals surface area (Å²) in [7, 11) is 4.03. The predicted molar refractivity (Wildman–Crippen MR) is 61.8 cm³/mol. The van der Waals surface area contributed by atoms with E-state index in [2.05, 4.69) is 17.3 Å². The van der Waals surface area contributed by atoms with Crippen LogP contribution >= 0.6 is 0 Å². The zero-order chi connectivity index (χ0) is 11.3. The van der Waals surface area contributed by atoms with E-state index >= 15 is 0 Å². The fourth-order valence-electron chi connectivity index (χ4n) is 1.99. The Labute approximate surface area is 92.6 Å². The minimum absolute atomic E-state index is 0.192.